The van der Waals surface area contributed by atoms with Gasteiger partial charge in [0.2, 0.25) is 5.82 Å². The van der Waals surface area contributed by atoms with Crippen LogP contribution < -0.4 is 11.1 Å². The van der Waals surface area contributed by atoms with Gasteiger partial charge in [-0.25, -0.2) is 9.97 Å². The molecule has 3 unspecified atom stereocenters. The van der Waals surface area contributed by atoms with Gasteiger partial charge in [0, 0.05) is 12.6 Å². The lowest BCUT2D eigenvalue weighted by Crippen LogP contribution is -2.21. The summed E-state index contributed by atoms with van der Waals surface area (Å²) in [4.78, 5) is 6.73. The van der Waals surface area contributed by atoms with E-state index in [0.717, 1.165) is 5.92 Å². The fourth-order valence-electron chi connectivity index (χ4n) is 3.55. The zero-order valence-electron chi connectivity index (χ0n) is 11.0. The Morgan fingerprint density at radius 3 is 2.65 bits per heavy atom. The van der Waals surface area contributed by atoms with Crippen LogP contribution in [-0.4, -0.2) is 16.5 Å². The van der Waals surface area contributed by atoms with E-state index >= 15 is 0 Å². The van der Waals surface area contributed by atoms with Gasteiger partial charge in [-0.2, -0.15) is 13.2 Å². The number of fused-ring (bicyclic) bond motifs is 2. The van der Waals surface area contributed by atoms with Gasteiger partial charge in [0.05, 0.1) is 0 Å². The maximum Gasteiger partial charge on any atom is 0.451 e. The molecule has 4 nitrogen and oxygen atoms in total. The van der Waals surface area contributed by atoms with E-state index in [-0.39, 0.29) is 11.6 Å². The van der Waals surface area contributed by atoms with Crippen LogP contribution in [0, 0.1) is 17.8 Å². The number of nitrogens with zero attached hydrogens (tertiary/aromatic N) is 2. The van der Waals surface area contributed by atoms with Crippen molar-refractivity contribution in [3.05, 3.63) is 11.9 Å². The predicted molar refractivity (Wildman–Crippen MR) is 68.9 cm³/mol. The van der Waals surface area contributed by atoms with Crippen molar-refractivity contribution < 1.29 is 13.2 Å². The number of halogens is 3. The summed E-state index contributed by atoms with van der Waals surface area (Å²) in [5, 5.41) is 2.99. The van der Waals surface area contributed by atoms with E-state index in [1.54, 1.807) is 0 Å². The van der Waals surface area contributed by atoms with E-state index in [2.05, 4.69) is 15.3 Å². The fourth-order valence-corrected chi connectivity index (χ4v) is 3.55. The highest BCUT2D eigenvalue weighted by Gasteiger charge is 2.39. The Balaban J connectivity index is 1.67. The van der Waals surface area contributed by atoms with Crippen LogP contribution in [0.2, 0.25) is 0 Å². The lowest BCUT2D eigenvalue weighted by atomic mass is 9.89. The minimum atomic E-state index is -4.57. The van der Waals surface area contributed by atoms with E-state index in [0.29, 0.717) is 18.4 Å². The van der Waals surface area contributed by atoms with Crippen molar-refractivity contribution >= 4 is 11.6 Å². The van der Waals surface area contributed by atoms with Gasteiger partial charge < -0.3 is 11.1 Å². The smallest absolute Gasteiger partial charge is 0.384 e. The number of hydrogen-bond acceptors (Lipinski definition) is 4. The summed E-state index contributed by atoms with van der Waals surface area (Å²) in [5.74, 6) is 0.879. The first-order valence-electron chi connectivity index (χ1n) is 6.87. The molecule has 0 aliphatic heterocycles. The van der Waals surface area contributed by atoms with Crippen LogP contribution in [0.25, 0.3) is 0 Å². The molecule has 2 aliphatic carbocycles. The molecule has 0 saturated heterocycles. The molecule has 0 aromatic carbocycles. The summed E-state index contributed by atoms with van der Waals surface area (Å²) in [7, 11) is 0. The van der Waals surface area contributed by atoms with E-state index in [1.807, 2.05) is 0 Å². The number of nitrogens with one attached hydrogen (secondary N) is 1. The standard InChI is InChI=1S/C13H17F3N4/c14-13(15,16)12-19-10(17)5-11(20-12)18-6-9-4-7-1-2-8(9)3-7/h5,7-9H,1-4,6H2,(H3,17,18,19,20). The molecule has 3 N–H and O–H groups in total. The van der Waals surface area contributed by atoms with Crippen LogP contribution in [-0.2, 0) is 6.18 Å². The van der Waals surface area contributed by atoms with Gasteiger partial charge in [-0.15, -0.1) is 0 Å². The van der Waals surface area contributed by atoms with Crippen molar-refractivity contribution in [2.45, 2.75) is 31.9 Å². The Bertz CT molecular complexity index is 503. The lowest BCUT2D eigenvalue weighted by Gasteiger charge is -2.22. The Kier molecular flexibility index (Phi) is 3.22. The van der Waals surface area contributed by atoms with Crippen LogP contribution in [0.5, 0.6) is 0 Å². The third-order valence-electron chi connectivity index (χ3n) is 4.43. The van der Waals surface area contributed by atoms with Crippen molar-refractivity contribution in [1.29, 1.82) is 0 Å². The molecule has 0 radical (unpaired) electrons. The monoisotopic (exact) mass is 286 g/mol. The Morgan fingerprint density at radius 2 is 2.05 bits per heavy atom. The number of anilines is 2. The quantitative estimate of drug-likeness (QED) is 0.896. The maximum absolute atomic E-state index is 12.6. The van der Waals surface area contributed by atoms with Gasteiger partial charge in [0.1, 0.15) is 11.6 Å². The van der Waals surface area contributed by atoms with E-state index in [1.165, 1.54) is 31.7 Å². The molecule has 1 aromatic heterocycles. The van der Waals surface area contributed by atoms with Gasteiger partial charge in [-0.05, 0) is 37.0 Å². The third kappa shape index (κ3) is 2.66. The molecule has 0 amide bonds. The SMILES string of the molecule is Nc1cc(NCC2CC3CCC2C3)nc(C(F)(F)F)n1. The Labute approximate surface area is 115 Å². The van der Waals surface area contributed by atoms with Crippen molar-refractivity contribution in [2.24, 2.45) is 17.8 Å². The molecule has 2 aliphatic rings. The molecule has 3 rings (SSSR count). The predicted octanol–water partition coefficient (Wildman–Crippen LogP) is 2.93. The molecule has 2 fully saturated rings. The second-order valence-electron chi connectivity index (χ2n) is 5.82. The van der Waals surface area contributed by atoms with E-state index < -0.39 is 12.0 Å². The molecule has 1 heterocycles. The van der Waals surface area contributed by atoms with Crippen molar-refractivity contribution in [2.75, 3.05) is 17.6 Å². The van der Waals surface area contributed by atoms with Crippen LogP contribution in [0.4, 0.5) is 24.8 Å². The van der Waals surface area contributed by atoms with Crippen LogP contribution >= 0.6 is 0 Å². The minimum absolute atomic E-state index is 0.160. The summed E-state index contributed by atoms with van der Waals surface area (Å²) in [6.07, 6.45) is 0.422. The van der Waals surface area contributed by atoms with Crippen LogP contribution in [0.1, 0.15) is 31.5 Å². The van der Waals surface area contributed by atoms with Gasteiger partial charge in [-0.3, -0.25) is 0 Å². The minimum Gasteiger partial charge on any atom is -0.384 e. The topological polar surface area (TPSA) is 63.8 Å². The Hall–Kier alpha value is -1.53. The summed E-state index contributed by atoms with van der Waals surface area (Å²) in [5.41, 5.74) is 5.41. The highest BCUT2D eigenvalue weighted by molar-refractivity contribution is 5.45. The summed E-state index contributed by atoms with van der Waals surface area (Å²) in [6, 6.07) is 1.35. The van der Waals surface area contributed by atoms with Gasteiger partial charge >= 0.3 is 6.18 Å². The number of nitrogens with two attached hydrogens (primary N) is 1. The molecule has 2 bridgehead atoms. The van der Waals surface area contributed by atoms with Crippen molar-refractivity contribution in [1.82, 2.24) is 9.97 Å². The van der Waals surface area contributed by atoms with Crippen LogP contribution in [0.3, 0.4) is 0 Å². The van der Waals surface area contributed by atoms with Crippen molar-refractivity contribution in [3.8, 4) is 0 Å². The average Bonchev–Trinajstić information content (AvgIpc) is 2.96. The summed E-state index contributed by atoms with van der Waals surface area (Å²) >= 11 is 0. The largest absolute Gasteiger partial charge is 0.451 e. The number of alkyl halides is 3. The highest BCUT2D eigenvalue weighted by Crippen LogP contribution is 2.48. The zero-order valence-corrected chi connectivity index (χ0v) is 11.0. The van der Waals surface area contributed by atoms with Crippen molar-refractivity contribution in [3.63, 3.8) is 0 Å². The highest BCUT2D eigenvalue weighted by atomic mass is 19.4. The first-order valence-corrected chi connectivity index (χ1v) is 6.87. The average molecular weight is 286 g/mol. The summed E-state index contributed by atoms with van der Waals surface area (Å²) in [6.45, 7) is 0.662. The number of rotatable bonds is 3. The van der Waals surface area contributed by atoms with Gasteiger partial charge in [0.15, 0.2) is 0 Å². The molecule has 7 heteroatoms. The fraction of sp³-hybridized carbons (Fsp3) is 0.692. The number of aromatic nitrogens is 2. The zero-order chi connectivity index (χ0) is 14.3. The summed E-state index contributed by atoms with van der Waals surface area (Å²) < 4.78 is 37.8. The van der Waals surface area contributed by atoms with E-state index in [9.17, 15) is 13.2 Å². The maximum atomic E-state index is 12.6. The van der Waals surface area contributed by atoms with Gasteiger partial charge in [-0.1, -0.05) is 6.42 Å². The normalized spacial score (nSPS) is 28.9. The molecule has 20 heavy (non-hydrogen) atoms. The lowest BCUT2D eigenvalue weighted by molar-refractivity contribution is -0.144. The molecule has 1 aromatic rings. The molecular weight excluding hydrogens is 269 g/mol. The number of nitrogen functional groups attached to an aromatic ring is 1. The first-order chi connectivity index (χ1) is 9.41. The molecule has 0 spiro atoms. The number of hydrogen-bond donors (Lipinski definition) is 2. The van der Waals surface area contributed by atoms with E-state index in [4.69, 9.17) is 5.73 Å². The Morgan fingerprint density at radius 1 is 1.25 bits per heavy atom. The molecule has 110 valence electrons. The first kappa shape index (κ1) is 13.5. The molecular formula is C13H17F3N4. The molecule has 2 saturated carbocycles. The third-order valence-corrected chi connectivity index (χ3v) is 4.43. The second-order valence-corrected chi connectivity index (χ2v) is 5.82. The second kappa shape index (κ2) is 4.79. The molecule has 3 atom stereocenters. The van der Waals surface area contributed by atoms with Gasteiger partial charge in [0.25, 0.3) is 0 Å². The van der Waals surface area contributed by atoms with Crippen LogP contribution in [0.15, 0.2) is 6.07 Å².